The number of carbonyl (C=O) groups excluding carboxylic acids is 2. The third-order valence-corrected chi connectivity index (χ3v) is 5.02. The third-order valence-electron chi connectivity index (χ3n) is 4.78. The molecule has 0 aliphatic carbocycles. The van der Waals surface area contributed by atoms with Crippen molar-refractivity contribution in [2.45, 2.75) is 38.3 Å². The molecule has 5 nitrogen and oxygen atoms in total. The number of hydrogen-bond donors (Lipinski definition) is 1. The standard InChI is InChI=1S/C17H21ClN2O3/c1-12(21)20-7-2-6-17(23,11-20)16(22)19-8-5-13-9-15(18)4-3-14(13)10-19/h3-4,9,23H,2,5-8,10-11H2,1H3/t17-/m1/s1. The Hall–Kier alpha value is -1.59. The van der Waals surface area contributed by atoms with Crippen molar-refractivity contribution in [1.82, 2.24) is 9.80 Å². The lowest BCUT2D eigenvalue weighted by Crippen LogP contribution is -2.59. The number of carbonyl (C=O) groups is 2. The molecule has 23 heavy (non-hydrogen) atoms. The van der Waals surface area contributed by atoms with Gasteiger partial charge in [-0.3, -0.25) is 9.59 Å². The van der Waals surface area contributed by atoms with E-state index in [1.807, 2.05) is 18.2 Å². The van der Waals surface area contributed by atoms with E-state index < -0.39 is 5.60 Å². The first kappa shape index (κ1) is 16.3. The van der Waals surface area contributed by atoms with Crippen molar-refractivity contribution in [2.75, 3.05) is 19.6 Å². The predicted octanol–water partition coefficient (Wildman–Crippen LogP) is 1.60. The van der Waals surface area contributed by atoms with Crippen LogP contribution >= 0.6 is 11.6 Å². The Morgan fingerprint density at radius 3 is 2.74 bits per heavy atom. The van der Waals surface area contributed by atoms with Crippen LogP contribution in [0.1, 0.15) is 30.9 Å². The van der Waals surface area contributed by atoms with Crippen molar-refractivity contribution in [2.24, 2.45) is 0 Å². The van der Waals surface area contributed by atoms with Gasteiger partial charge >= 0.3 is 0 Å². The van der Waals surface area contributed by atoms with Gasteiger partial charge in [0.25, 0.3) is 5.91 Å². The van der Waals surface area contributed by atoms with Crippen LogP contribution in [0.5, 0.6) is 0 Å². The van der Waals surface area contributed by atoms with Gasteiger partial charge in [-0.2, -0.15) is 0 Å². The number of amides is 2. The Morgan fingerprint density at radius 2 is 2.00 bits per heavy atom. The molecule has 0 aromatic heterocycles. The normalized spacial score (nSPS) is 24.3. The van der Waals surface area contributed by atoms with Gasteiger partial charge in [-0.1, -0.05) is 17.7 Å². The first-order valence-electron chi connectivity index (χ1n) is 7.94. The van der Waals surface area contributed by atoms with Gasteiger partial charge in [0.15, 0.2) is 5.60 Å². The minimum absolute atomic E-state index is 0.0884. The maximum absolute atomic E-state index is 12.8. The molecule has 1 atom stereocenters. The van der Waals surface area contributed by atoms with Crippen LogP contribution in [0.4, 0.5) is 0 Å². The minimum atomic E-state index is -1.46. The third kappa shape index (κ3) is 3.21. The second-order valence-electron chi connectivity index (χ2n) is 6.47. The van der Waals surface area contributed by atoms with Crippen LogP contribution in [0, 0.1) is 0 Å². The number of rotatable bonds is 1. The number of nitrogens with zero attached hydrogens (tertiary/aromatic N) is 2. The summed E-state index contributed by atoms with van der Waals surface area (Å²) in [6, 6.07) is 5.69. The molecular formula is C17H21ClN2O3. The number of likely N-dealkylation sites (tertiary alicyclic amines) is 1. The average Bonchev–Trinajstić information content (AvgIpc) is 2.53. The summed E-state index contributed by atoms with van der Waals surface area (Å²) in [7, 11) is 0. The van der Waals surface area contributed by atoms with E-state index >= 15 is 0 Å². The average molecular weight is 337 g/mol. The monoisotopic (exact) mass is 336 g/mol. The van der Waals surface area contributed by atoms with Crippen LogP contribution in [0.15, 0.2) is 18.2 Å². The zero-order valence-electron chi connectivity index (χ0n) is 13.2. The molecular weight excluding hydrogens is 316 g/mol. The van der Waals surface area contributed by atoms with Gasteiger partial charge in [-0.15, -0.1) is 0 Å². The fraction of sp³-hybridized carbons (Fsp3) is 0.529. The van der Waals surface area contributed by atoms with Crippen LogP contribution in [0.3, 0.4) is 0 Å². The molecule has 2 aliphatic heterocycles. The number of aliphatic hydroxyl groups is 1. The summed E-state index contributed by atoms with van der Waals surface area (Å²) in [5.74, 6) is -0.376. The summed E-state index contributed by atoms with van der Waals surface area (Å²) >= 11 is 6.01. The van der Waals surface area contributed by atoms with Gasteiger partial charge < -0.3 is 14.9 Å². The highest BCUT2D eigenvalue weighted by Crippen LogP contribution is 2.28. The van der Waals surface area contributed by atoms with Gasteiger partial charge in [0, 0.05) is 31.6 Å². The lowest BCUT2D eigenvalue weighted by Gasteiger charge is -2.41. The summed E-state index contributed by atoms with van der Waals surface area (Å²) in [5.41, 5.74) is 0.757. The number of fused-ring (bicyclic) bond motifs is 1. The number of halogens is 1. The van der Waals surface area contributed by atoms with Gasteiger partial charge in [0.05, 0.1) is 6.54 Å². The van der Waals surface area contributed by atoms with E-state index in [2.05, 4.69) is 0 Å². The fourth-order valence-corrected chi connectivity index (χ4v) is 3.66. The van der Waals surface area contributed by atoms with Crippen molar-refractivity contribution < 1.29 is 14.7 Å². The molecule has 1 N–H and O–H groups in total. The molecule has 1 aromatic carbocycles. The Morgan fingerprint density at radius 1 is 1.22 bits per heavy atom. The van der Waals surface area contributed by atoms with Crippen LogP contribution in [0.2, 0.25) is 5.02 Å². The minimum Gasteiger partial charge on any atom is -0.378 e. The van der Waals surface area contributed by atoms with E-state index in [-0.39, 0.29) is 18.4 Å². The van der Waals surface area contributed by atoms with Crippen molar-refractivity contribution in [1.29, 1.82) is 0 Å². The molecule has 0 spiro atoms. The molecule has 124 valence electrons. The van der Waals surface area contributed by atoms with Crippen molar-refractivity contribution in [3.63, 3.8) is 0 Å². The molecule has 3 rings (SSSR count). The molecule has 2 aliphatic rings. The summed E-state index contributed by atoms with van der Waals surface area (Å²) < 4.78 is 0. The number of β-amino-alcohol motifs (C(OH)–C–C–N with tert-alkyl or cyclic N) is 1. The maximum atomic E-state index is 12.8. The topological polar surface area (TPSA) is 60.9 Å². The first-order chi connectivity index (χ1) is 10.9. The summed E-state index contributed by atoms with van der Waals surface area (Å²) in [4.78, 5) is 27.6. The summed E-state index contributed by atoms with van der Waals surface area (Å²) in [6.07, 6.45) is 1.77. The van der Waals surface area contributed by atoms with Crippen LogP contribution in [-0.4, -0.2) is 52.0 Å². The van der Waals surface area contributed by atoms with Crippen molar-refractivity contribution >= 4 is 23.4 Å². The van der Waals surface area contributed by atoms with Gasteiger partial charge in [-0.05, 0) is 42.5 Å². The SMILES string of the molecule is CC(=O)N1CCC[C@](O)(C(=O)N2CCc3cc(Cl)ccc3C2)C1. The molecule has 1 saturated heterocycles. The molecule has 0 unspecified atom stereocenters. The van der Waals surface area contributed by atoms with Crippen molar-refractivity contribution in [3.05, 3.63) is 34.3 Å². The quantitative estimate of drug-likeness (QED) is 0.847. The van der Waals surface area contributed by atoms with Crippen LogP contribution in [-0.2, 0) is 22.6 Å². The Bertz CT molecular complexity index is 649. The number of hydrogen-bond acceptors (Lipinski definition) is 3. The molecule has 0 saturated carbocycles. The summed E-state index contributed by atoms with van der Waals surface area (Å²) in [5, 5.41) is 11.5. The molecule has 1 fully saturated rings. The Labute approximate surface area is 140 Å². The maximum Gasteiger partial charge on any atom is 0.256 e. The summed E-state index contributed by atoms with van der Waals surface area (Å²) in [6.45, 7) is 3.21. The highest BCUT2D eigenvalue weighted by molar-refractivity contribution is 6.30. The largest absolute Gasteiger partial charge is 0.378 e. The first-order valence-corrected chi connectivity index (χ1v) is 8.31. The smallest absolute Gasteiger partial charge is 0.256 e. The van der Waals surface area contributed by atoms with E-state index in [0.29, 0.717) is 37.5 Å². The molecule has 0 bridgehead atoms. The predicted molar refractivity (Wildman–Crippen MR) is 87.0 cm³/mol. The lowest BCUT2D eigenvalue weighted by molar-refractivity contribution is -0.160. The molecule has 2 amide bonds. The zero-order chi connectivity index (χ0) is 16.6. The van der Waals surface area contributed by atoms with Gasteiger partial charge in [-0.25, -0.2) is 0 Å². The lowest BCUT2D eigenvalue weighted by atomic mass is 9.89. The highest BCUT2D eigenvalue weighted by atomic mass is 35.5. The number of piperidine rings is 1. The Balaban J connectivity index is 1.75. The van der Waals surface area contributed by atoms with Gasteiger partial charge in [0.2, 0.25) is 5.91 Å². The van der Waals surface area contributed by atoms with E-state index in [4.69, 9.17) is 11.6 Å². The number of benzene rings is 1. The molecule has 6 heteroatoms. The zero-order valence-corrected chi connectivity index (χ0v) is 14.0. The van der Waals surface area contributed by atoms with Crippen LogP contribution < -0.4 is 0 Å². The molecule has 0 radical (unpaired) electrons. The van der Waals surface area contributed by atoms with E-state index in [1.165, 1.54) is 6.92 Å². The Kier molecular flexibility index (Phi) is 4.34. The van der Waals surface area contributed by atoms with Gasteiger partial charge in [0.1, 0.15) is 0 Å². The van der Waals surface area contributed by atoms with Crippen LogP contribution in [0.25, 0.3) is 0 Å². The fourth-order valence-electron chi connectivity index (χ4n) is 3.47. The van der Waals surface area contributed by atoms with E-state index in [9.17, 15) is 14.7 Å². The van der Waals surface area contributed by atoms with E-state index in [1.54, 1.807) is 9.80 Å². The molecule has 1 aromatic rings. The second kappa shape index (κ2) is 6.13. The highest BCUT2D eigenvalue weighted by Gasteiger charge is 2.43. The second-order valence-corrected chi connectivity index (χ2v) is 6.90. The molecule has 2 heterocycles. The van der Waals surface area contributed by atoms with Crippen molar-refractivity contribution in [3.8, 4) is 0 Å². The van der Waals surface area contributed by atoms with E-state index in [0.717, 1.165) is 17.5 Å².